The Kier molecular flexibility index (Phi) is 7.21. The first-order valence-electron chi connectivity index (χ1n) is 5.48. The molecule has 0 saturated heterocycles. The van der Waals surface area contributed by atoms with Gasteiger partial charge in [-0.3, -0.25) is 9.59 Å². The Morgan fingerprint density at radius 1 is 1.31 bits per heavy atom. The van der Waals surface area contributed by atoms with Gasteiger partial charge in [-0.1, -0.05) is 20.8 Å². The molecule has 0 aromatic carbocycles. The summed E-state index contributed by atoms with van der Waals surface area (Å²) in [6.07, 6.45) is 0.583. The average Bonchev–Trinajstić information content (AvgIpc) is 2.18. The highest BCUT2D eigenvalue weighted by molar-refractivity contribution is 8.01. The quantitative estimate of drug-likeness (QED) is 0.699. The van der Waals surface area contributed by atoms with E-state index in [1.807, 2.05) is 20.8 Å². The Hall–Kier alpha value is -0.710. The van der Waals surface area contributed by atoms with E-state index in [4.69, 9.17) is 9.84 Å². The van der Waals surface area contributed by atoms with Crippen molar-refractivity contribution in [2.24, 2.45) is 5.92 Å². The second-order valence-corrected chi connectivity index (χ2v) is 5.14. The van der Waals surface area contributed by atoms with Gasteiger partial charge in [-0.2, -0.15) is 0 Å². The number of aliphatic carboxylic acids is 1. The lowest BCUT2D eigenvalue weighted by Gasteiger charge is -2.20. The van der Waals surface area contributed by atoms with Gasteiger partial charge in [-0.05, 0) is 19.3 Å². The highest BCUT2D eigenvalue weighted by atomic mass is 32.2. The Bertz CT molecular complexity index is 240. The fraction of sp³-hybridized carbons (Fsp3) is 0.818. The number of carbonyl (C=O) groups is 2. The first kappa shape index (κ1) is 15.3. The molecule has 2 unspecified atom stereocenters. The molecule has 0 spiro atoms. The van der Waals surface area contributed by atoms with Crippen LogP contribution in [-0.4, -0.2) is 34.2 Å². The van der Waals surface area contributed by atoms with E-state index in [1.165, 1.54) is 11.8 Å². The maximum atomic E-state index is 11.5. The molecule has 0 fully saturated rings. The topological polar surface area (TPSA) is 63.6 Å². The molecule has 0 saturated carbocycles. The van der Waals surface area contributed by atoms with Crippen LogP contribution in [0.25, 0.3) is 0 Å². The van der Waals surface area contributed by atoms with E-state index in [-0.39, 0.29) is 17.1 Å². The van der Waals surface area contributed by atoms with E-state index in [0.29, 0.717) is 13.0 Å². The van der Waals surface area contributed by atoms with Crippen LogP contribution in [0.4, 0.5) is 0 Å². The number of thioether (sulfide) groups is 1. The molecule has 0 amide bonds. The molecule has 0 rings (SSSR count). The normalized spacial score (nSPS) is 14.6. The largest absolute Gasteiger partial charge is 0.480 e. The highest BCUT2D eigenvalue weighted by Gasteiger charge is 2.29. The van der Waals surface area contributed by atoms with Crippen molar-refractivity contribution in [2.45, 2.75) is 44.6 Å². The van der Waals surface area contributed by atoms with Gasteiger partial charge in [0, 0.05) is 0 Å². The molecule has 0 aliphatic carbocycles. The summed E-state index contributed by atoms with van der Waals surface area (Å²) in [5.41, 5.74) is 0. The van der Waals surface area contributed by atoms with Gasteiger partial charge in [0.25, 0.3) is 0 Å². The SMILES string of the molecule is CCOC(=O)C(CC)SC(C(=O)O)C(C)C. The lowest BCUT2D eigenvalue weighted by atomic mass is 10.1. The van der Waals surface area contributed by atoms with Gasteiger partial charge in [-0.15, -0.1) is 11.8 Å². The zero-order chi connectivity index (χ0) is 12.7. The molecule has 94 valence electrons. The van der Waals surface area contributed by atoms with Crippen LogP contribution in [0, 0.1) is 5.92 Å². The summed E-state index contributed by atoms with van der Waals surface area (Å²) in [6, 6.07) is 0. The maximum Gasteiger partial charge on any atom is 0.319 e. The van der Waals surface area contributed by atoms with E-state index >= 15 is 0 Å². The number of carbonyl (C=O) groups excluding carboxylic acids is 1. The molecular weight excluding hydrogens is 228 g/mol. The predicted molar refractivity (Wildman–Crippen MR) is 64.6 cm³/mol. The van der Waals surface area contributed by atoms with Gasteiger partial charge in [-0.25, -0.2) is 0 Å². The molecule has 0 bridgehead atoms. The molecule has 0 aromatic heterocycles. The minimum absolute atomic E-state index is 0.00836. The van der Waals surface area contributed by atoms with Gasteiger partial charge >= 0.3 is 11.9 Å². The minimum atomic E-state index is -0.872. The van der Waals surface area contributed by atoms with Gasteiger partial charge in [0.2, 0.25) is 0 Å². The molecule has 0 aliphatic heterocycles. The first-order chi connectivity index (χ1) is 7.43. The maximum absolute atomic E-state index is 11.5. The van der Waals surface area contributed by atoms with E-state index in [9.17, 15) is 9.59 Å². The Morgan fingerprint density at radius 2 is 1.88 bits per heavy atom. The van der Waals surface area contributed by atoms with E-state index in [2.05, 4.69) is 0 Å². The third-order valence-electron chi connectivity index (χ3n) is 2.08. The number of hydrogen-bond donors (Lipinski definition) is 1. The molecule has 5 heteroatoms. The molecule has 0 aromatic rings. The third-order valence-corrected chi connectivity index (χ3v) is 3.97. The van der Waals surface area contributed by atoms with Gasteiger partial charge in [0.1, 0.15) is 10.5 Å². The number of carboxylic acids is 1. The van der Waals surface area contributed by atoms with Crippen molar-refractivity contribution >= 4 is 23.7 Å². The van der Waals surface area contributed by atoms with Crippen molar-refractivity contribution in [3.63, 3.8) is 0 Å². The first-order valence-corrected chi connectivity index (χ1v) is 6.43. The number of rotatable bonds is 7. The van der Waals surface area contributed by atoms with Crippen molar-refractivity contribution < 1.29 is 19.4 Å². The van der Waals surface area contributed by atoms with Crippen molar-refractivity contribution in [3.05, 3.63) is 0 Å². The van der Waals surface area contributed by atoms with Gasteiger partial charge < -0.3 is 9.84 Å². The zero-order valence-electron chi connectivity index (χ0n) is 10.2. The fourth-order valence-electron chi connectivity index (χ4n) is 1.23. The van der Waals surface area contributed by atoms with Crippen molar-refractivity contribution in [3.8, 4) is 0 Å². The molecule has 16 heavy (non-hydrogen) atoms. The van der Waals surface area contributed by atoms with Crippen molar-refractivity contribution in [1.29, 1.82) is 0 Å². The Labute approximate surface area is 101 Å². The summed E-state index contributed by atoms with van der Waals surface area (Å²) < 4.78 is 4.90. The summed E-state index contributed by atoms with van der Waals surface area (Å²) >= 11 is 1.18. The van der Waals surface area contributed by atoms with Crippen LogP contribution < -0.4 is 0 Å². The molecular formula is C11H20O4S. The van der Waals surface area contributed by atoms with Crippen LogP contribution in [0.3, 0.4) is 0 Å². The summed E-state index contributed by atoms with van der Waals surface area (Å²) in [7, 11) is 0. The number of carboxylic acid groups (broad SMARTS) is 1. The van der Waals surface area contributed by atoms with Gasteiger partial charge in [0.05, 0.1) is 6.61 Å². The van der Waals surface area contributed by atoms with E-state index in [0.717, 1.165) is 0 Å². The van der Waals surface area contributed by atoms with Crippen LogP contribution in [0.15, 0.2) is 0 Å². The Balaban J connectivity index is 4.49. The lowest BCUT2D eigenvalue weighted by Crippen LogP contribution is -2.29. The number of hydrogen-bond acceptors (Lipinski definition) is 4. The summed E-state index contributed by atoms with van der Waals surface area (Å²) in [6.45, 7) is 7.60. The van der Waals surface area contributed by atoms with Crippen molar-refractivity contribution in [2.75, 3.05) is 6.61 Å². The molecule has 1 N–H and O–H groups in total. The Morgan fingerprint density at radius 3 is 2.19 bits per heavy atom. The monoisotopic (exact) mass is 248 g/mol. The summed E-state index contributed by atoms with van der Waals surface area (Å²) in [5, 5.41) is 8.08. The number of ether oxygens (including phenoxy) is 1. The summed E-state index contributed by atoms with van der Waals surface area (Å²) in [4.78, 5) is 22.5. The molecule has 4 nitrogen and oxygen atoms in total. The molecule has 0 radical (unpaired) electrons. The highest BCUT2D eigenvalue weighted by Crippen LogP contribution is 2.27. The van der Waals surface area contributed by atoms with Crippen LogP contribution in [0.2, 0.25) is 0 Å². The molecule has 0 aliphatic rings. The average molecular weight is 248 g/mol. The van der Waals surface area contributed by atoms with Crippen LogP contribution >= 0.6 is 11.8 Å². The van der Waals surface area contributed by atoms with Gasteiger partial charge in [0.15, 0.2) is 0 Å². The minimum Gasteiger partial charge on any atom is -0.480 e. The third kappa shape index (κ3) is 4.88. The lowest BCUT2D eigenvalue weighted by molar-refractivity contribution is -0.142. The summed E-state index contributed by atoms with van der Waals surface area (Å²) in [5.74, 6) is -1.20. The fourth-order valence-corrected chi connectivity index (χ4v) is 2.39. The molecule has 2 atom stereocenters. The zero-order valence-corrected chi connectivity index (χ0v) is 11.0. The van der Waals surface area contributed by atoms with Crippen molar-refractivity contribution in [1.82, 2.24) is 0 Å². The van der Waals surface area contributed by atoms with Crippen LogP contribution in [0.5, 0.6) is 0 Å². The molecule has 0 heterocycles. The van der Waals surface area contributed by atoms with Crippen LogP contribution in [0.1, 0.15) is 34.1 Å². The standard InChI is InChI=1S/C11H20O4S/c1-5-8(11(14)15-6-2)16-9(7(3)4)10(12)13/h7-9H,5-6H2,1-4H3,(H,12,13). The van der Waals surface area contributed by atoms with E-state index in [1.54, 1.807) is 6.92 Å². The second-order valence-electron chi connectivity index (χ2n) is 3.79. The predicted octanol–water partition coefficient (Wildman–Crippen LogP) is 2.17. The number of esters is 1. The smallest absolute Gasteiger partial charge is 0.319 e. The van der Waals surface area contributed by atoms with E-state index < -0.39 is 11.2 Å². The van der Waals surface area contributed by atoms with Crippen LogP contribution in [-0.2, 0) is 14.3 Å². The second kappa shape index (κ2) is 7.54.